The minimum absolute atomic E-state index is 0.696. The van der Waals surface area contributed by atoms with E-state index in [0.29, 0.717) is 10.6 Å². The Morgan fingerprint density at radius 2 is 1.88 bits per heavy atom. The van der Waals surface area contributed by atoms with Crippen molar-refractivity contribution in [3.05, 3.63) is 35.9 Å². The van der Waals surface area contributed by atoms with Crippen LogP contribution in [0.15, 0.2) is 30.3 Å². The second-order valence-electron chi connectivity index (χ2n) is 4.16. The molecule has 1 aliphatic heterocycles. The van der Waals surface area contributed by atoms with Gasteiger partial charge in [-0.05, 0) is 13.8 Å². The lowest BCUT2D eigenvalue weighted by Crippen LogP contribution is -2.56. The number of ether oxygens (including phenoxy) is 1. The van der Waals surface area contributed by atoms with Crippen LogP contribution >= 0.6 is 0 Å². The van der Waals surface area contributed by atoms with Crippen LogP contribution in [0.1, 0.15) is 19.4 Å². The molecular formula is C11H14N2O3. The van der Waals surface area contributed by atoms with Gasteiger partial charge in [-0.1, -0.05) is 30.3 Å². The molecular weight excluding hydrogens is 208 g/mol. The second kappa shape index (κ2) is 3.20. The van der Waals surface area contributed by atoms with Gasteiger partial charge in [0, 0.05) is 5.56 Å². The first-order chi connectivity index (χ1) is 7.39. The Labute approximate surface area is 93.4 Å². The lowest BCUT2D eigenvalue weighted by Gasteiger charge is -2.35. The quantitative estimate of drug-likeness (QED) is 0.547. The van der Waals surface area contributed by atoms with Crippen LogP contribution in [0.3, 0.4) is 0 Å². The predicted molar refractivity (Wildman–Crippen MR) is 56.9 cm³/mol. The summed E-state index contributed by atoms with van der Waals surface area (Å²) in [6.45, 7) is 3.08. The van der Waals surface area contributed by atoms with E-state index in [0.717, 1.165) is 0 Å². The van der Waals surface area contributed by atoms with Crippen molar-refractivity contribution < 1.29 is 14.6 Å². The van der Waals surface area contributed by atoms with Crippen molar-refractivity contribution >= 4 is 6.09 Å². The Morgan fingerprint density at radius 3 is 2.31 bits per heavy atom. The zero-order valence-electron chi connectivity index (χ0n) is 9.18. The van der Waals surface area contributed by atoms with Gasteiger partial charge >= 0.3 is 6.09 Å². The van der Waals surface area contributed by atoms with Crippen molar-refractivity contribution in [3.8, 4) is 0 Å². The highest BCUT2D eigenvalue weighted by molar-refractivity contribution is 5.71. The molecule has 5 nitrogen and oxygen atoms in total. The van der Waals surface area contributed by atoms with Crippen LogP contribution in [0, 0.1) is 0 Å². The van der Waals surface area contributed by atoms with Gasteiger partial charge < -0.3 is 9.84 Å². The highest BCUT2D eigenvalue weighted by atomic mass is 16.6. The summed E-state index contributed by atoms with van der Waals surface area (Å²) in [6.07, 6.45) is -0.739. The number of carbonyl (C=O) groups excluding carboxylic acids is 1. The van der Waals surface area contributed by atoms with E-state index < -0.39 is 17.4 Å². The molecule has 0 bridgehead atoms. The van der Waals surface area contributed by atoms with E-state index in [1.54, 1.807) is 19.1 Å². The SMILES string of the molecule is C[C@@]1(c2ccccc2)OC(=O)N(N)[C@]1(C)O. The molecule has 1 saturated heterocycles. The maximum Gasteiger partial charge on any atom is 0.427 e. The number of hydrogen-bond donors (Lipinski definition) is 2. The molecule has 1 heterocycles. The van der Waals surface area contributed by atoms with Crippen molar-refractivity contribution in [2.75, 3.05) is 0 Å². The largest absolute Gasteiger partial charge is 0.432 e. The van der Waals surface area contributed by atoms with Gasteiger partial charge in [-0.25, -0.2) is 15.6 Å². The molecule has 3 N–H and O–H groups in total. The minimum atomic E-state index is -1.58. The third-order valence-electron chi connectivity index (χ3n) is 3.19. The molecule has 0 saturated carbocycles. The Balaban J connectivity index is 2.51. The molecule has 1 aromatic rings. The van der Waals surface area contributed by atoms with E-state index in [1.165, 1.54) is 6.92 Å². The second-order valence-corrected chi connectivity index (χ2v) is 4.16. The molecule has 1 aliphatic rings. The number of hydrazine groups is 1. The molecule has 0 radical (unpaired) electrons. The molecule has 0 aromatic heterocycles. The first-order valence-corrected chi connectivity index (χ1v) is 4.95. The molecule has 2 atom stereocenters. The van der Waals surface area contributed by atoms with Crippen molar-refractivity contribution in [2.24, 2.45) is 5.84 Å². The zero-order valence-corrected chi connectivity index (χ0v) is 9.18. The molecule has 0 aliphatic carbocycles. The molecule has 2 rings (SSSR count). The molecule has 5 heteroatoms. The summed E-state index contributed by atoms with van der Waals surface area (Å²) >= 11 is 0. The smallest absolute Gasteiger partial charge is 0.427 e. The minimum Gasteiger partial charge on any atom is -0.432 e. The first kappa shape index (κ1) is 10.9. The molecule has 0 spiro atoms. The molecule has 1 aromatic carbocycles. The van der Waals surface area contributed by atoms with Crippen LogP contribution in [-0.4, -0.2) is 21.9 Å². The van der Waals surface area contributed by atoms with Crippen LogP contribution < -0.4 is 5.84 Å². The normalized spacial score (nSPS) is 34.0. The number of aliphatic hydroxyl groups is 1. The Bertz CT molecular complexity index is 418. The highest BCUT2D eigenvalue weighted by Crippen LogP contribution is 2.42. The molecule has 0 unspecified atom stereocenters. The van der Waals surface area contributed by atoms with Gasteiger partial charge in [-0.3, -0.25) is 0 Å². The predicted octanol–water partition coefficient (Wildman–Crippen LogP) is 0.936. The number of nitrogens with zero attached hydrogens (tertiary/aromatic N) is 1. The van der Waals surface area contributed by atoms with E-state index in [4.69, 9.17) is 10.6 Å². The third kappa shape index (κ3) is 1.22. The molecule has 1 amide bonds. The van der Waals surface area contributed by atoms with Gasteiger partial charge in [0.25, 0.3) is 0 Å². The zero-order chi connectivity index (χ0) is 12.0. The van der Waals surface area contributed by atoms with Crippen LogP contribution in [-0.2, 0) is 10.3 Å². The van der Waals surface area contributed by atoms with E-state index in [1.807, 2.05) is 18.2 Å². The van der Waals surface area contributed by atoms with Gasteiger partial charge in [-0.15, -0.1) is 0 Å². The molecule has 86 valence electrons. The number of hydrogen-bond acceptors (Lipinski definition) is 4. The molecule has 1 fully saturated rings. The van der Waals surface area contributed by atoms with Gasteiger partial charge in [0.1, 0.15) is 0 Å². The first-order valence-electron chi connectivity index (χ1n) is 4.95. The van der Waals surface area contributed by atoms with Crippen molar-refractivity contribution in [3.63, 3.8) is 0 Å². The highest BCUT2D eigenvalue weighted by Gasteiger charge is 2.59. The lowest BCUT2D eigenvalue weighted by molar-refractivity contribution is -0.141. The fraction of sp³-hybridized carbons (Fsp3) is 0.364. The summed E-state index contributed by atoms with van der Waals surface area (Å²) in [7, 11) is 0. The van der Waals surface area contributed by atoms with Crippen LogP contribution in [0.4, 0.5) is 4.79 Å². The standard InChI is InChI=1S/C11H14N2O3/c1-10(8-6-4-3-5-7-8)11(2,15)13(12)9(14)16-10/h3-7,15H,12H2,1-2H3/t10-,11+/m0/s1. The van der Waals surface area contributed by atoms with Gasteiger partial charge in [0.2, 0.25) is 0 Å². The fourth-order valence-corrected chi connectivity index (χ4v) is 1.82. The van der Waals surface area contributed by atoms with E-state index in [-0.39, 0.29) is 0 Å². The van der Waals surface area contributed by atoms with Crippen molar-refractivity contribution in [1.82, 2.24) is 5.01 Å². The Hall–Kier alpha value is -1.59. The van der Waals surface area contributed by atoms with E-state index in [9.17, 15) is 9.90 Å². The maximum absolute atomic E-state index is 11.4. The van der Waals surface area contributed by atoms with Crippen LogP contribution in [0.25, 0.3) is 0 Å². The summed E-state index contributed by atoms with van der Waals surface area (Å²) in [5.74, 6) is 5.48. The average Bonchev–Trinajstić information content (AvgIpc) is 2.42. The summed E-state index contributed by atoms with van der Waals surface area (Å²) in [6, 6.07) is 9.02. The van der Waals surface area contributed by atoms with E-state index >= 15 is 0 Å². The van der Waals surface area contributed by atoms with Gasteiger partial charge in [0.05, 0.1) is 0 Å². The average molecular weight is 222 g/mol. The monoisotopic (exact) mass is 222 g/mol. The summed E-state index contributed by atoms with van der Waals surface area (Å²) in [5, 5.41) is 11.0. The fourth-order valence-electron chi connectivity index (χ4n) is 1.82. The molecule has 16 heavy (non-hydrogen) atoms. The van der Waals surface area contributed by atoms with Gasteiger partial charge in [0.15, 0.2) is 11.3 Å². The Kier molecular flexibility index (Phi) is 2.18. The van der Waals surface area contributed by atoms with Crippen molar-refractivity contribution in [2.45, 2.75) is 25.2 Å². The Morgan fingerprint density at radius 1 is 1.31 bits per heavy atom. The number of cyclic esters (lactones) is 1. The van der Waals surface area contributed by atoms with Crippen LogP contribution in [0.5, 0.6) is 0 Å². The lowest BCUT2D eigenvalue weighted by atomic mass is 9.86. The number of carbonyl (C=O) groups is 1. The third-order valence-corrected chi connectivity index (χ3v) is 3.19. The van der Waals surface area contributed by atoms with Gasteiger partial charge in [-0.2, -0.15) is 0 Å². The topological polar surface area (TPSA) is 75.8 Å². The number of benzene rings is 1. The summed E-state index contributed by atoms with van der Waals surface area (Å²) < 4.78 is 5.17. The van der Waals surface area contributed by atoms with Crippen molar-refractivity contribution in [1.29, 1.82) is 0 Å². The van der Waals surface area contributed by atoms with Crippen LogP contribution in [0.2, 0.25) is 0 Å². The number of nitrogens with two attached hydrogens (primary N) is 1. The van der Waals surface area contributed by atoms with E-state index in [2.05, 4.69) is 0 Å². The number of amides is 1. The maximum atomic E-state index is 11.4. The number of rotatable bonds is 1. The summed E-state index contributed by atoms with van der Waals surface area (Å²) in [4.78, 5) is 11.4. The summed E-state index contributed by atoms with van der Waals surface area (Å²) in [5.41, 5.74) is -2.05.